The molecule has 0 aliphatic heterocycles. The third-order valence-electron chi connectivity index (χ3n) is 2.04. The van der Waals surface area contributed by atoms with Crippen molar-refractivity contribution in [3.8, 4) is 11.5 Å². The summed E-state index contributed by atoms with van der Waals surface area (Å²) in [6, 6.07) is 3.74. The van der Waals surface area contributed by atoms with Gasteiger partial charge in [0.1, 0.15) is 6.04 Å². The zero-order valence-corrected chi connectivity index (χ0v) is 8.56. The number of nitrogens with two attached hydrogens (primary N) is 1. The zero-order valence-electron chi connectivity index (χ0n) is 8.56. The van der Waals surface area contributed by atoms with E-state index in [-0.39, 0.29) is 17.1 Å². The van der Waals surface area contributed by atoms with Gasteiger partial charge in [-0.25, -0.2) is 0 Å². The van der Waals surface area contributed by atoms with Crippen LogP contribution >= 0.6 is 0 Å². The minimum atomic E-state index is -1.01. The summed E-state index contributed by atoms with van der Waals surface area (Å²) >= 11 is 0. The fraction of sp³-hybridized carbons (Fsp3) is 0.300. The first kappa shape index (κ1) is 11.3. The van der Waals surface area contributed by atoms with Crippen molar-refractivity contribution in [2.24, 2.45) is 5.73 Å². The van der Waals surface area contributed by atoms with Crippen molar-refractivity contribution in [3.63, 3.8) is 0 Å². The molecular formula is C10H13NO4. The molecule has 0 unspecified atom stereocenters. The first-order valence-corrected chi connectivity index (χ1v) is 4.31. The number of aromatic hydroxyl groups is 1. The molecule has 0 amide bonds. The van der Waals surface area contributed by atoms with Crippen LogP contribution in [-0.2, 0) is 9.53 Å². The van der Waals surface area contributed by atoms with E-state index in [1.54, 1.807) is 18.2 Å². The number of phenols is 1. The average molecular weight is 211 g/mol. The van der Waals surface area contributed by atoms with Crippen LogP contribution < -0.4 is 10.5 Å². The normalized spacial score (nSPS) is 11.9. The number of hydrogen-bond acceptors (Lipinski definition) is 5. The number of ether oxygens (including phenoxy) is 2. The van der Waals surface area contributed by atoms with Gasteiger partial charge in [-0.2, -0.15) is 0 Å². The first-order valence-electron chi connectivity index (χ1n) is 4.31. The summed E-state index contributed by atoms with van der Waals surface area (Å²) in [4.78, 5) is 11.2. The second-order valence-electron chi connectivity index (χ2n) is 2.90. The fourth-order valence-corrected chi connectivity index (χ4v) is 1.21. The van der Waals surface area contributed by atoms with Crippen molar-refractivity contribution in [1.82, 2.24) is 0 Å². The molecule has 0 aromatic heterocycles. The van der Waals surface area contributed by atoms with Crippen LogP contribution in [0.2, 0.25) is 0 Å². The second-order valence-corrected chi connectivity index (χ2v) is 2.90. The number of rotatable bonds is 3. The molecule has 0 spiro atoms. The van der Waals surface area contributed by atoms with Gasteiger partial charge in [-0.05, 0) is 6.07 Å². The number of benzene rings is 1. The summed E-state index contributed by atoms with van der Waals surface area (Å²) in [6.45, 7) is 0. The van der Waals surface area contributed by atoms with E-state index in [2.05, 4.69) is 4.74 Å². The molecule has 0 saturated heterocycles. The van der Waals surface area contributed by atoms with Gasteiger partial charge >= 0.3 is 5.97 Å². The van der Waals surface area contributed by atoms with Crippen molar-refractivity contribution in [2.45, 2.75) is 6.04 Å². The highest BCUT2D eigenvalue weighted by atomic mass is 16.5. The highest BCUT2D eigenvalue weighted by Gasteiger charge is 2.21. The Hall–Kier alpha value is -1.75. The highest BCUT2D eigenvalue weighted by Crippen LogP contribution is 2.32. The van der Waals surface area contributed by atoms with E-state index in [9.17, 15) is 9.90 Å². The van der Waals surface area contributed by atoms with E-state index < -0.39 is 12.0 Å². The van der Waals surface area contributed by atoms with Crippen molar-refractivity contribution >= 4 is 5.97 Å². The molecule has 0 radical (unpaired) electrons. The lowest BCUT2D eigenvalue weighted by molar-refractivity contribution is -0.142. The van der Waals surface area contributed by atoms with Gasteiger partial charge in [0.2, 0.25) is 0 Å². The molecule has 3 N–H and O–H groups in total. The molecule has 0 aliphatic rings. The van der Waals surface area contributed by atoms with Gasteiger partial charge in [-0.15, -0.1) is 0 Å². The predicted molar refractivity (Wildman–Crippen MR) is 53.6 cm³/mol. The van der Waals surface area contributed by atoms with E-state index in [4.69, 9.17) is 10.5 Å². The number of esters is 1. The molecule has 5 nitrogen and oxygen atoms in total. The largest absolute Gasteiger partial charge is 0.504 e. The Balaban J connectivity index is 3.09. The van der Waals surface area contributed by atoms with Crippen molar-refractivity contribution < 1.29 is 19.4 Å². The van der Waals surface area contributed by atoms with Gasteiger partial charge in [0.15, 0.2) is 11.5 Å². The number of carbonyl (C=O) groups is 1. The van der Waals surface area contributed by atoms with Crippen molar-refractivity contribution in [3.05, 3.63) is 23.8 Å². The lowest BCUT2D eigenvalue weighted by Crippen LogP contribution is -2.22. The van der Waals surface area contributed by atoms with Crippen LogP contribution in [0.25, 0.3) is 0 Å². The third kappa shape index (κ3) is 2.19. The van der Waals surface area contributed by atoms with Crippen molar-refractivity contribution in [1.29, 1.82) is 0 Å². The second kappa shape index (κ2) is 4.65. The third-order valence-corrected chi connectivity index (χ3v) is 2.04. The Morgan fingerprint density at radius 1 is 1.47 bits per heavy atom. The van der Waals surface area contributed by atoms with Gasteiger partial charge in [-0.1, -0.05) is 12.1 Å². The topological polar surface area (TPSA) is 81.8 Å². The zero-order chi connectivity index (χ0) is 11.4. The monoisotopic (exact) mass is 211 g/mol. The molecule has 0 saturated carbocycles. The van der Waals surface area contributed by atoms with Gasteiger partial charge < -0.3 is 20.3 Å². The lowest BCUT2D eigenvalue weighted by Gasteiger charge is -2.13. The highest BCUT2D eigenvalue weighted by molar-refractivity contribution is 5.78. The summed E-state index contributed by atoms with van der Waals surface area (Å²) in [5.74, 6) is -0.483. The summed E-state index contributed by atoms with van der Waals surface area (Å²) in [7, 11) is 2.65. The van der Waals surface area contributed by atoms with Crippen LogP contribution in [-0.4, -0.2) is 25.3 Å². The molecule has 5 heteroatoms. The Labute approximate surface area is 87.4 Å². The summed E-state index contributed by atoms with van der Waals surface area (Å²) < 4.78 is 9.37. The van der Waals surface area contributed by atoms with Crippen LogP contribution in [0.4, 0.5) is 0 Å². The van der Waals surface area contributed by atoms with E-state index >= 15 is 0 Å². The summed E-state index contributed by atoms with van der Waals surface area (Å²) in [6.07, 6.45) is 0. The van der Waals surface area contributed by atoms with Gasteiger partial charge in [0.25, 0.3) is 0 Å². The number of carbonyl (C=O) groups excluding carboxylic acids is 1. The maximum atomic E-state index is 11.2. The molecule has 1 rings (SSSR count). The molecule has 82 valence electrons. The molecule has 15 heavy (non-hydrogen) atoms. The maximum absolute atomic E-state index is 11.2. The van der Waals surface area contributed by atoms with Gasteiger partial charge in [-0.3, -0.25) is 4.79 Å². The number of para-hydroxylation sites is 1. The van der Waals surface area contributed by atoms with E-state index in [0.29, 0.717) is 0 Å². The SMILES string of the molecule is COC(=O)[C@@H](N)c1cccc(OC)c1O. The molecular weight excluding hydrogens is 198 g/mol. The fourth-order valence-electron chi connectivity index (χ4n) is 1.21. The molecule has 1 atom stereocenters. The molecule has 0 bridgehead atoms. The Morgan fingerprint density at radius 2 is 2.13 bits per heavy atom. The predicted octanol–water partition coefficient (Wildman–Crippen LogP) is 0.574. The lowest BCUT2D eigenvalue weighted by atomic mass is 10.1. The summed E-state index contributed by atoms with van der Waals surface area (Å²) in [5.41, 5.74) is 5.86. The number of methoxy groups -OCH3 is 2. The van der Waals surface area contributed by atoms with E-state index in [0.717, 1.165) is 0 Å². The molecule has 0 heterocycles. The first-order chi connectivity index (χ1) is 7.11. The van der Waals surface area contributed by atoms with Crippen LogP contribution in [0.15, 0.2) is 18.2 Å². The van der Waals surface area contributed by atoms with Crippen LogP contribution in [0.3, 0.4) is 0 Å². The Morgan fingerprint density at radius 3 is 2.67 bits per heavy atom. The Kier molecular flexibility index (Phi) is 3.51. The van der Waals surface area contributed by atoms with Crippen LogP contribution in [0.5, 0.6) is 11.5 Å². The quantitative estimate of drug-likeness (QED) is 0.714. The number of phenolic OH excluding ortho intramolecular Hbond substituents is 1. The van der Waals surface area contributed by atoms with Crippen molar-refractivity contribution in [2.75, 3.05) is 14.2 Å². The summed E-state index contributed by atoms with van der Waals surface area (Å²) in [5, 5.41) is 9.69. The number of hydrogen-bond donors (Lipinski definition) is 2. The molecule has 1 aromatic carbocycles. The minimum Gasteiger partial charge on any atom is -0.504 e. The van der Waals surface area contributed by atoms with Crippen LogP contribution in [0, 0.1) is 0 Å². The van der Waals surface area contributed by atoms with Crippen LogP contribution in [0.1, 0.15) is 11.6 Å². The minimum absolute atomic E-state index is 0.141. The Bertz CT molecular complexity index is 364. The average Bonchev–Trinajstić information content (AvgIpc) is 2.27. The van der Waals surface area contributed by atoms with Gasteiger partial charge in [0.05, 0.1) is 14.2 Å². The van der Waals surface area contributed by atoms with E-state index in [1.165, 1.54) is 14.2 Å². The molecule has 0 aliphatic carbocycles. The molecule has 0 fully saturated rings. The maximum Gasteiger partial charge on any atom is 0.327 e. The smallest absolute Gasteiger partial charge is 0.327 e. The van der Waals surface area contributed by atoms with Gasteiger partial charge in [0, 0.05) is 5.56 Å². The standard InChI is InChI=1S/C10H13NO4/c1-14-7-5-3-4-6(9(7)12)8(11)10(13)15-2/h3-5,8,12H,11H2,1-2H3/t8-/m0/s1. The van der Waals surface area contributed by atoms with E-state index in [1.807, 2.05) is 0 Å². The molecule has 1 aromatic rings.